The van der Waals surface area contributed by atoms with Gasteiger partial charge in [-0.25, -0.2) is 8.42 Å². The van der Waals surface area contributed by atoms with Crippen LogP contribution in [0.1, 0.15) is 12.5 Å². The molecule has 31 heavy (non-hydrogen) atoms. The summed E-state index contributed by atoms with van der Waals surface area (Å²) in [6, 6.07) is 8.79. The summed E-state index contributed by atoms with van der Waals surface area (Å²) in [6.45, 7) is 4.28. The monoisotopic (exact) mass is 447 g/mol. The SMILES string of the molecule is C/C=C/c1ccc(OCC(O)CN2CCN(S(=O)(=O)c3cccnc3)CC2)c(OC)c1. The predicted molar refractivity (Wildman–Crippen MR) is 119 cm³/mol. The summed E-state index contributed by atoms with van der Waals surface area (Å²) in [4.78, 5) is 6.13. The van der Waals surface area contributed by atoms with Crippen LogP contribution in [-0.4, -0.2) is 80.3 Å². The van der Waals surface area contributed by atoms with Gasteiger partial charge in [-0.1, -0.05) is 18.2 Å². The van der Waals surface area contributed by atoms with Gasteiger partial charge in [0.1, 0.15) is 17.6 Å². The molecule has 0 spiro atoms. The Morgan fingerprint density at radius 2 is 1.97 bits per heavy atom. The molecule has 3 rings (SSSR count). The van der Waals surface area contributed by atoms with Crippen molar-refractivity contribution in [1.29, 1.82) is 0 Å². The average Bonchev–Trinajstić information content (AvgIpc) is 2.79. The minimum atomic E-state index is -3.54. The molecule has 0 bridgehead atoms. The van der Waals surface area contributed by atoms with E-state index in [-0.39, 0.29) is 11.5 Å². The van der Waals surface area contributed by atoms with Gasteiger partial charge in [0, 0.05) is 45.1 Å². The standard InChI is InChI=1S/C22H29N3O5S/c1-3-5-18-7-8-21(22(14-18)29-2)30-17-19(26)16-24-10-12-25(13-11-24)31(27,28)20-6-4-9-23-15-20/h3-9,14-15,19,26H,10-13,16-17H2,1-2H3/b5-3+. The molecule has 8 nitrogen and oxygen atoms in total. The number of hydrogen-bond acceptors (Lipinski definition) is 7. The van der Waals surface area contributed by atoms with E-state index in [1.54, 1.807) is 25.4 Å². The number of nitrogens with zero attached hydrogens (tertiary/aromatic N) is 3. The first kappa shape index (κ1) is 23.2. The van der Waals surface area contributed by atoms with E-state index >= 15 is 0 Å². The molecule has 0 amide bonds. The molecule has 9 heteroatoms. The number of piperazine rings is 1. The van der Waals surface area contributed by atoms with Crippen LogP contribution in [0.5, 0.6) is 11.5 Å². The number of allylic oxidation sites excluding steroid dienone is 1. The molecule has 1 aliphatic rings. The molecule has 1 aromatic carbocycles. The highest BCUT2D eigenvalue weighted by atomic mass is 32.2. The maximum absolute atomic E-state index is 12.7. The second-order valence-corrected chi connectivity index (χ2v) is 9.21. The quantitative estimate of drug-likeness (QED) is 0.627. The molecule has 0 saturated carbocycles. The van der Waals surface area contributed by atoms with Crippen molar-refractivity contribution >= 4 is 16.1 Å². The molecule has 0 radical (unpaired) electrons. The molecule has 2 heterocycles. The Balaban J connectivity index is 1.49. The largest absolute Gasteiger partial charge is 0.493 e. The van der Waals surface area contributed by atoms with Crippen molar-refractivity contribution in [2.45, 2.75) is 17.9 Å². The molecule has 1 N–H and O–H groups in total. The maximum Gasteiger partial charge on any atom is 0.244 e. The van der Waals surface area contributed by atoms with Crippen LogP contribution in [0.4, 0.5) is 0 Å². The highest BCUT2D eigenvalue weighted by Gasteiger charge is 2.29. The highest BCUT2D eigenvalue weighted by molar-refractivity contribution is 7.89. The molecular weight excluding hydrogens is 418 g/mol. The predicted octanol–water partition coefficient (Wildman–Crippen LogP) is 1.87. The van der Waals surface area contributed by atoms with E-state index in [1.165, 1.54) is 10.5 Å². The van der Waals surface area contributed by atoms with Crippen molar-refractivity contribution in [3.63, 3.8) is 0 Å². The minimum Gasteiger partial charge on any atom is -0.493 e. The number of aliphatic hydroxyl groups excluding tert-OH is 1. The number of rotatable bonds is 9. The number of aliphatic hydroxyl groups is 1. The summed E-state index contributed by atoms with van der Waals surface area (Å²) in [7, 11) is -1.96. The second-order valence-electron chi connectivity index (χ2n) is 7.27. The summed E-state index contributed by atoms with van der Waals surface area (Å²) >= 11 is 0. The fourth-order valence-corrected chi connectivity index (χ4v) is 4.82. The molecule has 1 unspecified atom stereocenters. The Bertz CT molecular complexity index is 974. The van der Waals surface area contributed by atoms with Gasteiger partial charge in [-0.05, 0) is 36.8 Å². The number of benzene rings is 1. The fraction of sp³-hybridized carbons (Fsp3) is 0.409. The van der Waals surface area contributed by atoms with E-state index in [1.807, 2.05) is 42.2 Å². The number of aromatic nitrogens is 1. The van der Waals surface area contributed by atoms with Crippen LogP contribution in [0.15, 0.2) is 53.7 Å². The van der Waals surface area contributed by atoms with Crippen molar-refractivity contribution in [3.05, 3.63) is 54.4 Å². The Hall–Kier alpha value is -2.46. The van der Waals surface area contributed by atoms with Crippen LogP contribution in [0.2, 0.25) is 0 Å². The first-order chi connectivity index (χ1) is 14.9. The van der Waals surface area contributed by atoms with E-state index in [0.717, 1.165) is 5.56 Å². The molecule has 1 saturated heterocycles. The zero-order chi connectivity index (χ0) is 22.3. The van der Waals surface area contributed by atoms with Crippen LogP contribution >= 0.6 is 0 Å². The summed E-state index contributed by atoms with van der Waals surface area (Å²) in [5, 5.41) is 10.4. The molecule has 168 valence electrons. The van der Waals surface area contributed by atoms with Crippen molar-refractivity contribution in [1.82, 2.24) is 14.2 Å². The number of hydrogen-bond donors (Lipinski definition) is 1. The molecular formula is C22H29N3O5S. The van der Waals surface area contributed by atoms with Crippen LogP contribution in [0.3, 0.4) is 0 Å². The number of pyridine rings is 1. The lowest BCUT2D eigenvalue weighted by molar-refractivity contribution is 0.0561. The fourth-order valence-electron chi connectivity index (χ4n) is 3.44. The van der Waals surface area contributed by atoms with Gasteiger partial charge in [0.15, 0.2) is 11.5 Å². The molecule has 1 atom stereocenters. The zero-order valence-electron chi connectivity index (χ0n) is 17.8. The van der Waals surface area contributed by atoms with Gasteiger partial charge in [0.2, 0.25) is 10.0 Å². The number of β-amino-alcohol motifs (C(OH)–C–C–N with tert-alkyl or cyclic N) is 1. The van der Waals surface area contributed by atoms with Crippen molar-refractivity contribution < 1.29 is 23.0 Å². The van der Waals surface area contributed by atoms with E-state index in [9.17, 15) is 13.5 Å². The van der Waals surface area contributed by atoms with Gasteiger partial charge in [0.05, 0.1) is 7.11 Å². The lowest BCUT2D eigenvalue weighted by Crippen LogP contribution is -2.50. The number of sulfonamides is 1. The smallest absolute Gasteiger partial charge is 0.244 e. The maximum atomic E-state index is 12.7. The highest BCUT2D eigenvalue weighted by Crippen LogP contribution is 2.28. The normalized spacial score (nSPS) is 17.0. The molecule has 2 aromatic rings. The third kappa shape index (κ3) is 6.04. The summed E-state index contributed by atoms with van der Waals surface area (Å²) in [6.07, 6.45) is 6.12. The summed E-state index contributed by atoms with van der Waals surface area (Å²) < 4.78 is 38.0. The van der Waals surface area contributed by atoms with E-state index in [0.29, 0.717) is 44.2 Å². The minimum absolute atomic E-state index is 0.119. The van der Waals surface area contributed by atoms with Crippen LogP contribution in [-0.2, 0) is 10.0 Å². The summed E-state index contributed by atoms with van der Waals surface area (Å²) in [5.74, 6) is 1.18. The van der Waals surface area contributed by atoms with Gasteiger partial charge in [0.25, 0.3) is 0 Å². The third-order valence-electron chi connectivity index (χ3n) is 5.05. The lowest BCUT2D eigenvalue weighted by Gasteiger charge is -2.34. The first-order valence-electron chi connectivity index (χ1n) is 10.2. The van der Waals surface area contributed by atoms with Crippen LogP contribution in [0.25, 0.3) is 6.08 Å². The Labute approximate surface area is 183 Å². The van der Waals surface area contributed by atoms with Crippen molar-refractivity contribution in [2.75, 3.05) is 46.4 Å². The Morgan fingerprint density at radius 3 is 2.61 bits per heavy atom. The Morgan fingerprint density at radius 1 is 1.19 bits per heavy atom. The van der Waals surface area contributed by atoms with Crippen LogP contribution < -0.4 is 9.47 Å². The van der Waals surface area contributed by atoms with Gasteiger partial charge in [-0.15, -0.1) is 0 Å². The topological polar surface area (TPSA) is 92.2 Å². The van der Waals surface area contributed by atoms with Gasteiger partial charge < -0.3 is 14.6 Å². The molecule has 0 aliphatic carbocycles. The van der Waals surface area contributed by atoms with Crippen molar-refractivity contribution in [2.24, 2.45) is 0 Å². The van der Waals surface area contributed by atoms with E-state index in [2.05, 4.69) is 4.98 Å². The average molecular weight is 448 g/mol. The van der Waals surface area contributed by atoms with Gasteiger partial charge >= 0.3 is 0 Å². The van der Waals surface area contributed by atoms with E-state index < -0.39 is 16.1 Å². The van der Waals surface area contributed by atoms with Gasteiger partial charge in [-0.2, -0.15) is 4.31 Å². The zero-order valence-corrected chi connectivity index (χ0v) is 18.7. The van der Waals surface area contributed by atoms with Crippen molar-refractivity contribution in [3.8, 4) is 11.5 Å². The first-order valence-corrected chi connectivity index (χ1v) is 11.6. The molecule has 1 aliphatic heterocycles. The third-order valence-corrected chi connectivity index (χ3v) is 6.93. The summed E-state index contributed by atoms with van der Waals surface area (Å²) in [5.41, 5.74) is 1.01. The molecule has 1 fully saturated rings. The van der Waals surface area contributed by atoms with E-state index in [4.69, 9.17) is 9.47 Å². The lowest BCUT2D eigenvalue weighted by atomic mass is 10.2. The van der Waals surface area contributed by atoms with Gasteiger partial charge in [-0.3, -0.25) is 9.88 Å². The number of methoxy groups -OCH3 is 1. The van der Waals surface area contributed by atoms with Crippen LogP contribution in [0, 0.1) is 0 Å². The second kappa shape index (κ2) is 10.7. The Kier molecular flexibility index (Phi) is 8.03. The number of ether oxygens (including phenoxy) is 2. The molecule has 1 aromatic heterocycles.